The van der Waals surface area contributed by atoms with E-state index in [9.17, 15) is 9.59 Å². The van der Waals surface area contributed by atoms with Gasteiger partial charge in [-0.2, -0.15) is 0 Å². The maximum atomic E-state index is 11.9. The van der Waals surface area contributed by atoms with E-state index in [-0.39, 0.29) is 18.4 Å². The molecule has 2 aromatic rings. The summed E-state index contributed by atoms with van der Waals surface area (Å²) in [7, 11) is 0. The molecule has 116 valence electrons. The molecule has 2 amide bonds. The van der Waals surface area contributed by atoms with Crippen molar-refractivity contribution in [3.8, 4) is 5.75 Å². The summed E-state index contributed by atoms with van der Waals surface area (Å²) >= 11 is 1.33. The molecule has 22 heavy (non-hydrogen) atoms. The van der Waals surface area contributed by atoms with Gasteiger partial charge in [0.1, 0.15) is 5.75 Å². The number of nitrogens with one attached hydrogen (secondary N) is 2. The number of benzene rings is 1. The fraction of sp³-hybridized carbons (Fsp3) is 0.250. The first kappa shape index (κ1) is 16.0. The second kappa shape index (κ2) is 8.19. The molecule has 0 radical (unpaired) electrons. The number of carbonyl (C=O) groups is 2. The number of hydrogen-bond donors (Lipinski definition) is 2. The average Bonchev–Trinajstić information content (AvgIpc) is 3.06. The van der Waals surface area contributed by atoms with Crippen molar-refractivity contribution in [2.75, 3.05) is 18.5 Å². The van der Waals surface area contributed by atoms with E-state index in [4.69, 9.17) is 4.74 Å². The molecule has 1 aromatic heterocycles. The normalized spacial score (nSPS) is 10.0. The number of ether oxygens (including phenoxy) is 1. The molecule has 2 rings (SSSR count). The summed E-state index contributed by atoms with van der Waals surface area (Å²) in [5.74, 6) is 0.0837. The molecule has 5 nitrogen and oxygen atoms in total. The Hall–Kier alpha value is -2.34. The molecule has 0 spiro atoms. The Morgan fingerprint density at radius 1 is 1.18 bits per heavy atom. The van der Waals surface area contributed by atoms with Gasteiger partial charge in [-0.25, -0.2) is 0 Å². The lowest BCUT2D eigenvalue weighted by Gasteiger charge is -2.12. The average molecular weight is 318 g/mol. The minimum absolute atomic E-state index is 0.0845. The number of rotatable bonds is 7. The zero-order valence-corrected chi connectivity index (χ0v) is 13.1. The minimum Gasteiger partial charge on any atom is -0.491 e. The minimum atomic E-state index is -0.294. The number of para-hydroxylation sites is 2. The smallest absolute Gasteiger partial charge is 0.261 e. The van der Waals surface area contributed by atoms with Gasteiger partial charge in [0, 0.05) is 0 Å². The van der Waals surface area contributed by atoms with Gasteiger partial charge in [0.15, 0.2) is 0 Å². The molecular formula is C16H18N2O3S. The SMILES string of the molecule is CCCOc1ccccc1NC(=O)CNC(=O)c1cccs1. The van der Waals surface area contributed by atoms with Gasteiger partial charge in [-0.1, -0.05) is 25.1 Å². The van der Waals surface area contributed by atoms with Crippen molar-refractivity contribution in [3.05, 3.63) is 46.7 Å². The van der Waals surface area contributed by atoms with Crippen molar-refractivity contribution in [1.82, 2.24) is 5.32 Å². The molecule has 6 heteroatoms. The van der Waals surface area contributed by atoms with Crippen LogP contribution in [0, 0.1) is 0 Å². The van der Waals surface area contributed by atoms with Gasteiger partial charge < -0.3 is 15.4 Å². The number of hydrogen-bond acceptors (Lipinski definition) is 4. The standard InChI is InChI=1S/C16H18N2O3S/c1-2-9-21-13-7-4-3-6-12(13)18-15(19)11-17-16(20)14-8-5-10-22-14/h3-8,10H,2,9,11H2,1H3,(H,17,20)(H,18,19). The molecule has 0 unspecified atom stereocenters. The summed E-state index contributed by atoms with van der Waals surface area (Å²) in [6, 6.07) is 10.7. The van der Waals surface area contributed by atoms with Crippen LogP contribution in [0.15, 0.2) is 41.8 Å². The maximum Gasteiger partial charge on any atom is 0.261 e. The Labute approximate surface area is 133 Å². The summed E-state index contributed by atoms with van der Waals surface area (Å²) in [5.41, 5.74) is 0.603. The second-order valence-corrected chi connectivity index (χ2v) is 5.50. The zero-order chi connectivity index (χ0) is 15.8. The van der Waals surface area contributed by atoms with E-state index in [1.807, 2.05) is 24.4 Å². The van der Waals surface area contributed by atoms with Gasteiger partial charge in [0.2, 0.25) is 5.91 Å². The van der Waals surface area contributed by atoms with Crippen molar-refractivity contribution in [2.45, 2.75) is 13.3 Å². The van der Waals surface area contributed by atoms with E-state index in [0.29, 0.717) is 22.9 Å². The highest BCUT2D eigenvalue weighted by molar-refractivity contribution is 7.12. The largest absolute Gasteiger partial charge is 0.491 e. The summed E-state index contributed by atoms with van der Waals surface area (Å²) < 4.78 is 5.57. The van der Waals surface area contributed by atoms with Crippen LogP contribution in [0.4, 0.5) is 5.69 Å². The van der Waals surface area contributed by atoms with Gasteiger partial charge in [0.25, 0.3) is 5.91 Å². The third-order valence-corrected chi connectivity index (χ3v) is 3.65. The van der Waals surface area contributed by atoms with E-state index in [2.05, 4.69) is 10.6 Å². The van der Waals surface area contributed by atoms with Crippen LogP contribution in [0.2, 0.25) is 0 Å². The van der Waals surface area contributed by atoms with Crippen molar-refractivity contribution in [2.24, 2.45) is 0 Å². The van der Waals surface area contributed by atoms with Crippen LogP contribution in [-0.4, -0.2) is 25.0 Å². The van der Waals surface area contributed by atoms with Crippen LogP contribution >= 0.6 is 11.3 Å². The highest BCUT2D eigenvalue weighted by Gasteiger charge is 2.10. The molecule has 0 saturated heterocycles. The molecule has 0 aliphatic rings. The molecular weight excluding hydrogens is 300 g/mol. The Kier molecular flexibility index (Phi) is 5.97. The molecule has 0 aliphatic heterocycles. The molecule has 1 heterocycles. The summed E-state index contributed by atoms with van der Waals surface area (Å²) in [6.45, 7) is 2.52. The summed E-state index contributed by atoms with van der Waals surface area (Å²) in [4.78, 5) is 24.3. The van der Waals surface area contributed by atoms with Crippen LogP contribution in [-0.2, 0) is 4.79 Å². The molecule has 0 fully saturated rings. The van der Waals surface area contributed by atoms with Crippen LogP contribution in [0.5, 0.6) is 5.75 Å². The van der Waals surface area contributed by atoms with Gasteiger partial charge >= 0.3 is 0 Å². The third-order valence-electron chi connectivity index (χ3n) is 2.78. The van der Waals surface area contributed by atoms with Gasteiger partial charge in [-0.3, -0.25) is 9.59 Å². The molecule has 0 saturated carbocycles. The number of thiophene rings is 1. The lowest BCUT2D eigenvalue weighted by atomic mass is 10.3. The molecule has 0 bridgehead atoms. The van der Waals surface area contributed by atoms with E-state index >= 15 is 0 Å². The Morgan fingerprint density at radius 3 is 2.73 bits per heavy atom. The number of carbonyl (C=O) groups excluding carboxylic acids is 2. The molecule has 0 atom stereocenters. The third kappa shape index (κ3) is 4.60. The first-order valence-electron chi connectivity index (χ1n) is 7.04. The van der Waals surface area contributed by atoms with Crippen molar-refractivity contribution in [3.63, 3.8) is 0 Å². The van der Waals surface area contributed by atoms with Gasteiger partial charge in [-0.05, 0) is 30.0 Å². The first-order chi connectivity index (χ1) is 10.7. The monoisotopic (exact) mass is 318 g/mol. The lowest BCUT2D eigenvalue weighted by molar-refractivity contribution is -0.115. The van der Waals surface area contributed by atoms with Gasteiger partial charge in [-0.15, -0.1) is 11.3 Å². The Morgan fingerprint density at radius 2 is 2.00 bits per heavy atom. The summed E-state index contributed by atoms with van der Waals surface area (Å²) in [6.07, 6.45) is 0.888. The highest BCUT2D eigenvalue weighted by Crippen LogP contribution is 2.23. The van der Waals surface area contributed by atoms with E-state index in [1.165, 1.54) is 11.3 Å². The Balaban J connectivity index is 1.88. The van der Waals surface area contributed by atoms with Crippen LogP contribution in [0.3, 0.4) is 0 Å². The maximum absolute atomic E-state index is 11.9. The van der Waals surface area contributed by atoms with Crippen LogP contribution in [0.1, 0.15) is 23.0 Å². The number of anilines is 1. The van der Waals surface area contributed by atoms with E-state index < -0.39 is 0 Å². The Bertz CT molecular complexity index is 626. The van der Waals surface area contributed by atoms with E-state index in [0.717, 1.165) is 6.42 Å². The van der Waals surface area contributed by atoms with E-state index in [1.54, 1.807) is 24.3 Å². The predicted octanol–water partition coefficient (Wildman–Crippen LogP) is 2.91. The van der Waals surface area contributed by atoms with Crippen LogP contribution in [0.25, 0.3) is 0 Å². The van der Waals surface area contributed by atoms with Gasteiger partial charge in [0.05, 0.1) is 23.7 Å². The summed E-state index contributed by atoms with van der Waals surface area (Å²) in [5, 5.41) is 7.15. The second-order valence-electron chi connectivity index (χ2n) is 4.55. The van der Waals surface area contributed by atoms with Crippen molar-refractivity contribution in [1.29, 1.82) is 0 Å². The topological polar surface area (TPSA) is 67.4 Å². The van der Waals surface area contributed by atoms with Crippen molar-refractivity contribution < 1.29 is 14.3 Å². The fourth-order valence-electron chi connectivity index (χ4n) is 1.76. The number of amides is 2. The fourth-order valence-corrected chi connectivity index (χ4v) is 2.40. The lowest BCUT2D eigenvalue weighted by Crippen LogP contribution is -2.32. The first-order valence-corrected chi connectivity index (χ1v) is 7.92. The molecule has 2 N–H and O–H groups in total. The highest BCUT2D eigenvalue weighted by atomic mass is 32.1. The molecule has 0 aliphatic carbocycles. The van der Waals surface area contributed by atoms with Crippen molar-refractivity contribution >= 4 is 28.8 Å². The zero-order valence-electron chi connectivity index (χ0n) is 12.3. The van der Waals surface area contributed by atoms with Crippen LogP contribution < -0.4 is 15.4 Å². The molecule has 1 aromatic carbocycles. The quantitative estimate of drug-likeness (QED) is 0.825. The predicted molar refractivity (Wildman–Crippen MR) is 87.5 cm³/mol.